The Balaban J connectivity index is 1.28. The molecule has 1 aromatic heterocycles. The third-order valence-corrected chi connectivity index (χ3v) is 6.42. The van der Waals surface area contributed by atoms with Crippen molar-refractivity contribution in [3.63, 3.8) is 0 Å². The highest BCUT2D eigenvalue weighted by Gasteiger charge is 2.57. The summed E-state index contributed by atoms with van der Waals surface area (Å²) in [4.78, 5) is 24.4. The lowest BCUT2D eigenvalue weighted by Gasteiger charge is -2.60. The smallest absolute Gasteiger partial charge is 0.306 e. The molecule has 1 heterocycles. The van der Waals surface area contributed by atoms with Crippen molar-refractivity contribution in [2.45, 2.75) is 70.3 Å². The van der Waals surface area contributed by atoms with E-state index in [2.05, 4.69) is 10.5 Å². The van der Waals surface area contributed by atoms with E-state index in [4.69, 9.17) is 9.26 Å². The van der Waals surface area contributed by atoms with Crippen molar-refractivity contribution in [3.8, 4) is 0 Å². The number of nitrogens with zero attached hydrogens (tertiary/aromatic N) is 1. The summed E-state index contributed by atoms with van der Waals surface area (Å²) < 4.78 is 10.3. The molecule has 4 saturated carbocycles. The van der Waals surface area contributed by atoms with Crippen LogP contribution in [0.25, 0.3) is 0 Å². The quantitative estimate of drug-likeness (QED) is 0.740. The van der Waals surface area contributed by atoms with Crippen LogP contribution in [-0.4, -0.2) is 34.3 Å². The molecule has 4 aliphatic rings. The Labute approximate surface area is 158 Å². The van der Waals surface area contributed by atoms with Gasteiger partial charge in [0.05, 0.1) is 17.7 Å². The predicted molar refractivity (Wildman–Crippen MR) is 96.9 cm³/mol. The Hall–Kier alpha value is -1.89. The van der Waals surface area contributed by atoms with Crippen LogP contribution in [0, 0.1) is 17.3 Å². The number of aromatic nitrogens is 1. The van der Waals surface area contributed by atoms with E-state index in [1.165, 1.54) is 6.42 Å². The summed E-state index contributed by atoms with van der Waals surface area (Å²) in [5.41, 5.74) is 0.00748. The Kier molecular flexibility index (Phi) is 4.53. The minimum Gasteiger partial charge on any atom is -0.456 e. The predicted octanol–water partition coefficient (Wildman–Crippen LogP) is 3.00. The third kappa shape index (κ3) is 3.88. The van der Waals surface area contributed by atoms with E-state index in [1.54, 1.807) is 6.07 Å². The molecule has 5 rings (SSSR count). The van der Waals surface area contributed by atoms with E-state index in [1.807, 2.05) is 13.8 Å². The Morgan fingerprint density at radius 3 is 2.63 bits per heavy atom. The van der Waals surface area contributed by atoms with Gasteiger partial charge < -0.3 is 14.4 Å². The molecule has 0 aromatic carbocycles. The van der Waals surface area contributed by atoms with Crippen LogP contribution >= 0.6 is 0 Å². The lowest BCUT2D eigenvalue weighted by atomic mass is 9.47. The highest BCUT2D eigenvalue weighted by molar-refractivity contribution is 5.91. The number of amides is 1. The molecular formula is C20H28N2O5. The lowest BCUT2D eigenvalue weighted by Crippen LogP contribution is -2.56. The summed E-state index contributed by atoms with van der Waals surface area (Å²) in [7, 11) is 0. The molecule has 4 aliphatic carbocycles. The molecule has 7 heteroatoms. The summed E-state index contributed by atoms with van der Waals surface area (Å²) in [5, 5.41) is 17.2. The van der Waals surface area contributed by atoms with Crippen molar-refractivity contribution in [2.75, 3.05) is 11.9 Å². The van der Waals surface area contributed by atoms with Gasteiger partial charge in [-0.25, -0.2) is 0 Å². The third-order valence-electron chi connectivity index (χ3n) is 6.42. The van der Waals surface area contributed by atoms with Crippen LogP contribution in [0.2, 0.25) is 0 Å². The first kappa shape index (κ1) is 18.5. The molecule has 7 nitrogen and oxygen atoms in total. The molecule has 1 amide bonds. The maximum Gasteiger partial charge on any atom is 0.306 e. The number of rotatable bonds is 6. The average molecular weight is 376 g/mol. The monoisotopic (exact) mass is 376 g/mol. The second-order valence-corrected chi connectivity index (χ2v) is 9.34. The summed E-state index contributed by atoms with van der Waals surface area (Å²) in [6.07, 6.45) is 5.87. The topological polar surface area (TPSA) is 102 Å². The van der Waals surface area contributed by atoms with Crippen molar-refractivity contribution in [3.05, 3.63) is 11.8 Å². The van der Waals surface area contributed by atoms with Gasteiger partial charge in [0.1, 0.15) is 0 Å². The molecule has 0 spiro atoms. The minimum atomic E-state index is -0.595. The molecule has 0 unspecified atom stereocenters. The molecule has 0 radical (unpaired) electrons. The van der Waals surface area contributed by atoms with Crippen LogP contribution in [0.5, 0.6) is 0 Å². The van der Waals surface area contributed by atoms with Crippen LogP contribution < -0.4 is 5.32 Å². The molecule has 2 atom stereocenters. The van der Waals surface area contributed by atoms with Gasteiger partial charge in [0, 0.05) is 6.07 Å². The second kappa shape index (κ2) is 6.62. The highest BCUT2D eigenvalue weighted by atomic mass is 16.5. The normalized spacial score (nSPS) is 34.1. The van der Waals surface area contributed by atoms with Gasteiger partial charge in [0.25, 0.3) is 5.91 Å². The molecule has 1 aromatic rings. The number of ether oxygens (including phenoxy) is 1. The van der Waals surface area contributed by atoms with E-state index in [0.29, 0.717) is 18.3 Å². The van der Waals surface area contributed by atoms with Crippen LogP contribution in [0.4, 0.5) is 5.88 Å². The first-order valence-electron chi connectivity index (χ1n) is 9.89. The number of nitrogens with one attached hydrogen (secondary N) is 1. The molecule has 4 bridgehead atoms. The maximum absolute atomic E-state index is 12.4. The average Bonchev–Trinajstić information content (AvgIpc) is 2.99. The number of hydrogen-bond donors (Lipinski definition) is 2. The van der Waals surface area contributed by atoms with Crippen LogP contribution in [0.3, 0.4) is 0 Å². The van der Waals surface area contributed by atoms with Gasteiger partial charge in [-0.3, -0.25) is 14.9 Å². The van der Waals surface area contributed by atoms with E-state index < -0.39 is 11.5 Å². The fraction of sp³-hybridized carbons (Fsp3) is 0.750. The Morgan fingerprint density at radius 2 is 2.04 bits per heavy atom. The van der Waals surface area contributed by atoms with Crippen molar-refractivity contribution in [1.82, 2.24) is 5.16 Å². The van der Waals surface area contributed by atoms with Gasteiger partial charge >= 0.3 is 5.97 Å². The molecule has 148 valence electrons. The van der Waals surface area contributed by atoms with E-state index in [9.17, 15) is 14.7 Å². The molecule has 2 N–H and O–H groups in total. The fourth-order valence-electron chi connectivity index (χ4n) is 5.91. The number of carbonyl (C=O) groups is 2. The summed E-state index contributed by atoms with van der Waals surface area (Å²) in [6, 6.07) is 1.67. The summed E-state index contributed by atoms with van der Waals surface area (Å²) in [6.45, 7) is 3.61. The lowest BCUT2D eigenvalue weighted by molar-refractivity contribution is -0.177. The molecular weight excluding hydrogens is 348 g/mol. The van der Waals surface area contributed by atoms with Gasteiger partial charge in [-0.2, -0.15) is 0 Å². The summed E-state index contributed by atoms with van der Waals surface area (Å²) in [5.74, 6) is 0.688. The zero-order valence-electron chi connectivity index (χ0n) is 16.0. The molecule has 0 saturated heterocycles. The summed E-state index contributed by atoms with van der Waals surface area (Å²) >= 11 is 0. The van der Waals surface area contributed by atoms with Gasteiger partial charge in [-0.15, -0.1) is 0 Å². The minimum absolute atomic E-state index is 0.149. The number of aliphatic hydroxyl groups is 1. The van der Waals surface area contributed by atoms with Crippen molar-refractivity contribution in [1.29, 1.82) is 0 Å². The van der Waals surface area contributed by atoms with Gasteiger partial charge in [0.15, 0.2) is 6.61 Å². The van der Waals surface area contributed by atoms with Crippen LogP contribution in [0.1, 0.15) is 70.4 Å². The van der Waals surface area contributed by atoms with E-state index in [0.717, 1.165) is 31.4 Å². The van der Waals surface area contributed by atoms with Crippen LogP contribution in [-0.2, 0) is 14.3 Å². The Morgan fingerprint density at radius 1 is 1.33 bits per heavy atom. The second-order valence-electron chi connectivity index (χ2n) is 9.34. The van der Waals surface area contributed by atoms with Crippen molar-refractivity contribution < 1.29 is 24.0 Å². The number of hydrogen-bond acceptors (Lipinski definition) is 6. The fourth-order valence-corrected chi connectivity index (χ4v) is 5.91. The van der Waals surface area contributed by atoms with Gasteiger partial charge in [-0.1, -0.05) is 19.0 Å². The number of esters is 1. The molecule has 27 heavy (non-hydrogen) atoms. The van der Waals surface area contributed by atoms with E-state index in [-0.39, 0.29) is 36.2 Å². The Bertz CT molecular complexity index is 726. The largest absolute Gasteiger partial charge is 0.456 e. The number of carbonyl (C=O) groups excluding carboxylic acids is 2. The van der Waals surface area contributed by atoms with Gasteiger partial charge in [0.2, 0.25) is 5.88 Å². The highest BCUT2D eigenvalue weighted by Crippen LogP contribution is 2.62. The zero-order valence-corrected chi connectivity index (χ0v) is 16.0. The van der Waals surface area contributed by atoms with Crippen molar-refractivity contribution >= 4 is 17.8 Å². The van der Waals surface area contributed by atoms with Crippen molar-refractivity contribution in [2.24, 2.45) is 17.3 Å². The zero-order chi connectivity index (χ0) is 19.2. The molecule has 0 aliphatic heterocycles. The maximum atomic E-state index is 12.4. The standard InChI is InChI=1S/C20H28N2O5/c1-12(2)15-4-17(27-22-15)21-16(23)10-26-18(24)9-19-5-13-3-14(6-19)8-20(25,7-13)11-19/h4,12-14,25H,3,5-11H2,1-2H3,(H,21,23)/t13-,14-,19?,20?/m1/s1. The first-order chi connectivity index (χ1) is 12.7. The molecule has 4 fully saturated rings. The van der Waals surface area contributed by atoms with Gasteiger partial charge in [-0.05, 0) is 61.7 Å². The van der Waals surface area contributed by atoms with E-state index >= 15 is 0 Å². The van der Waals surface area contributed by atoms with Crippen LogP contribution in [0.15, 0.2) is 10.6 Å². The first-order valence-corrected chi connectivity index (χ1v) is 9.89. The SMILES string of the molecule is CC(C)c1cc(NC(=O)COC(=O)CC23C[C@H]4C[C@@H](CC(O)(C4)C2)C3)on1. The number of anilines is 1.